The summed E-state index contributed by atoms with van der Waals surface area (Å²) in [6, 6.07) is 19.6. The first-order chi connectivity index (χ1) is 13.9. The molecule has 4 heteroatoms. The van der Waals surface area contributed by atoms with Gasteiger partial charge in [0.2, 0.25) is 0 Å². The molecule has 0 spiro atoms. The minimum absolute atomic E-state index is 0.344. The third kappa shape index (κ3) is 3.74. The quantitative estimate of drug-likeness (QED) is 0.429. The number of anilines is 2. The summed E-state index contributed by atoms with van der Waals surface area (Å²) in [7, 11) is 1.62. The maximum absolute atomic E-state index is 12.7. The Hall–Kier alpha value is -3.53. The molecule has 1 aromatic heterocycles. The van der Waals surface area contributed by atoms with E-state index in [1.54, 1.807) is 7.11 Å². The van der Waals surface area contributed by atoms with Crippen LogP contribution in [0.25, 0.3) is 22.1 Å². The van der Waals surface area contributed by atoms with Crippen molar-refractivity contribution in [3.05, 3.63) is 87.8 Å². The van der Waals surface area contributed by atoms with E-state index in [-0.39, 0.29) is 5.63 Å². The molecule has 0 bridgehead atoms. The number of methoxy groups -OCH3 is 1. The number of nitrogens with one attached hydrogen (secondary N) is 1. The number of hydrogen-bond donors (Lipinski definition) is 1. The van der Waals surface area contributed by atoms with Crippen molar-refractivity contribution in [2.45, 2.75) is 20.8 Å². The molecule has 4 aromatic rings. The van der Waals surface area contributed by atoms with E-state index < -0.39 is 0 Å². The van der Waals surface area contributed by atoms with Crippen molar-refractivity contribution in [1.29, 1.82) is 0 Å². The standard InChI is InChI=1S/C25H23NO3/c1-15-11-16(2)13-20(12-15)26-19-7-10-22-17(3)24(25(27)29-23(22)14-19)18-5-8-21(28-4)9-6-18/h5-14,26H,1-4H3. The topological polar surface area (TPSA) is 51.5 Å². The summed E-state index contributed by atoms with van der Waals surface area (Å²) in [5, 5.41) is 4.32. The second kappa shape index (κ2) is 7.47. The Labute approximate surface area is 169 Å². The van der Waals surface area contributed by atoms with E-state index in [4.69, 9.17) is 9.15 Å². The summed E-state index contributed by atoms with van der Waals surface area (Å²) in [5.74, 6) is 0.749. The number of benzene rings is 3. The summed E-state index contributed by atoms with van der Waals surface area (Å²) >= 11 is 0. The number of rotatable bonds is 4. The van der Waals surface area contributed by atoms with Crippen molar-refractivity contribution in [2.75, 3.05) is 12.4 Å². The zero-order valence-corrected chi connectivity index (χ0v) is 17.0. The van der Waals surface area contributed by atoms with E-state index in [1.807, 2.05) is 49.4 Å². The van der Waals surface area contributed by atoms with Crippen molar-refractivity contribution in [3.8, 4) is 16.9 Å². The largest absolute Gasteiger partial charge is 0.497 e. The first kappa shape index (κ1) is 18.8. The van der Waals surface area contributed by atoms with Gasteiger partial charge in [0.25, 0.3) is 0 Å². The van der Waals surface area contributed by atoms with Gasteiger partial charge in [0, 0.05) is 22.8 Å². The summed E-state index contributed by atoms with van der Waals surface area (Å²) in [6.07, 6.45) is 0. The van der Waals surface area contributed by atoms with Crippen LogP contribution in [-0.4, -0.2) is 7.11 Å². The molecule has 0 fully saturated rings. The van der Waals surface area contributed by atoms with E-state index in [0.717, 1.165) is 33.6 Å². The number of aryl methyl sites for hydroxylation is 3. The van der Waals surface area contributed by atoms with Gasteiger partial charge in [-0.25, -0.2) is 4.79 Å². The van der Waals surface area contributed by atoms with Crippen LogP contribution in [-0.2, 0) is 0 Å². The predicted molar refractivity (Wildman–Crippen MR) is 118 cm³/mol. The van der Waals surface area contributed by atoms with Crippen LogP contribution in [0, 0.1) is 20.8 Å². The molecule has 1 N–H and O–H groups in total. The van der Waals surface area contributed by atoms with Gasteiger partial charge in [0.15, 0.2) is 0 Å². The Morgan fingerprint density at radius 2 is 1.52 bits per heavy atom. The molecule has 0 saturated heterocycles. The maximum atomic E-state index is 12.7. The van der Waals surface area contributed by atoms with E-state index >= 15 is 0 Å². The van der Waals surface area contributed by atoms with Crippen LogP contribution >= 0.6 is 0 Å². The zero-order valence-electron chi connectivity index (χ0n) is 17.0. The minimum Gasteiger partial charge on any atom is -0.497 e. The fourth-order valence-electron chi connectivity index (χ4n) is 3.74. The Kier molecular flexibility index (Phi) is 4.85. The Morgan fingerprint density at radius 3 is 2.17 bits per heavy atom. The lowest BCUT2D eigenvalue weighted by atomic mass is 9.99. The third-order valence-electron chi connectivity index (χ3n) is 5.06. The van der Waals surface area contributed by atoms with Gasteiger partial charge in [-0.1, -0.05) is 18.2 Å². The van der Waals surface area contributed by atoms with Crippen LogP contribution in [0.1, 0.15) is 16.7 Å². The molecule has 0 aliphatic heterocycles. The average molecular weight is 385 g/mol. The molecule has 146 valence electrons. The van der Waals surface area contributed by atoms with Gasteiger partial charge in [-0.15, -0.1) is 0 Å². The second-order valence-electron chi connectivity index (χ2n) is 7.33. The Bertz CT molecular complexity index is 1230. The van der Waals surface area contributed by atoms with Crippen molar-refractivity contribution in [1.82, 2.24) is 0 Å². The van der Waals surface area contributed by atoms with Gasteiger partial charge in [0.05, 0.1) is 12.7 Å². The number of hydrogen-bond acceptors (Lipinski definition) is 4. The van der Waals surface area contributed by atoms with Crippen LogP contribution in [0.3, 0.4) is 0 Å². The van der Waals surface area contributed by atoms with Gasteiger partial charge >= 0.3 is 5.63 Å². The lowest BCUT2D eigenvalue weighted by Gasteiger charge is -2.12. The van der Waals surface area contributed by atoms with E-state index in [1.165, 1.54) is 11.1 Å². The van der Waals surface area contributed by atoms with Crippen LogP contribution in [0.2, 0.25) is 0 Å². The molecule has 0 saturated carbocycles. The Balaban J connectivity index is 1.75. The van der Waals surface area contributed by atoms with Crippen molar-refractivity contribution in [3.63, 3.8) is 0 Å². The zero-order chi connectivity index (χ0) is 20.5. The summed E-state index contributed by atoms with van der Waals surface area (Å²) in [6.45, 7) is 6.10. The van der Waals surface area contributed by atoms with Gasteiger partial charge in [0.1, 0.15) is 11.3 Å². The summed E-state index contributed by atoms with van der Waals surface area (Å²) < 4.78 is 10.9. The predicted octanol–water partition coefficient (Wildman–Crippen LogP) is 6.14. The van der Waals surface area contributed by atoms with Crippen LogP contribution in [0.15, 0.2) is 69.9 Å². The molecule has 1 heterocycles. The third-order valence-corrected chi connectivity index (χ3v) is 5.06. The number of fused-ring (bicyclic) bond motifs is 1. The lowest BCUT2D eigenvalue weighted by molar-refractivity contribution is 0.415. The maximum Gasteiger partial charge on any atom is 0.344 e. The highest BCUT2D eigenvalue weighted by Gasteiger charge is 2.14. The van der Waals surface area contributed by atoms with Crippen molar-refractivity contribution in [2.24, 2.45) is 0 Å². The summed E-state index contributed by atoms with van der Waals surface area (Å²) in [5.41, 5.74) is 6.80. The smallest absolute Gasteiger partial charge is 0.344 e. The molecule has 4 nitrogen and oxygen atoms in total. The molecule has 0 aliphatic rings. The minimum atomic E-state index is -0.344. The molecule has 0 atom stereocenters. The highest BCUT2D eigenvalue weighted by atomic mass is 16.5. The number of ether oxygens (including phenoxy) is 1. The van der Waals surface area contributed by atoms with Gasteiger partial charge in [-0.2, -0.15) is 0 Å². The average Bonchev–Trinajstić information content (AvgIpc) is 2.67. The molecular formula is C25H23NO3. The van der Waals surface area contributed by atoms with E-state index in [9.17, 15) is 4.79 Å². The van der Waals surface area contributed by atoms with Gasteiger partial charge < -0.3 is 14.5 Å². The van der Waals surface area contributed by atoms with Crippen molar-refractivity contribution < 1.29 is 9.15 Å². The fraction of sp³-hybridized carbons (Fsp3) is 0.160. The first-order valence-corrected chi connectivity index (χ1v) is 9.52. The molecule has 3 aromatic carbocycles. The van der Waals surface area contributed by atoms with Crippen LogP contribution in [0.5, 0.6) is 5.75 Å². The van der Waals surface area contributed by atoms with Gasteiger partial charge in [-0.3, -0.25) is 0 Å². The van der Waals surface area contributed by atoms with Crippen LogP contribution < -0.4 is 15.7 Å². The van der Waals surface area contributed by atoms with Crippen molar-refractivity contribution >= 4 is 22.3 Å². The van der Waals surface area contributed by atoms with Gasteiger partial charge in [-0.05, 0) is 79.4 Å². The normalized spacial score (nSPS) is 10.9. The molecule has 4 rings (SSSR count). The highest BCUT2D eigenvalue weighted by molar-refractivity contribution is 5.89. The van der Waals surface area contributed by atoms with E-state index in [2.05, 4.69) is 37.4 Å². The second-order valence-corrected chi connectivity index (χ2v) is 7.33. The molecular weight excluding hydrogens is 362 g/mol. The van der Waals surface area contributed by atoms with Crippen LogP contribution in [0.4, 0.5) is 11.4 Å². The SMILES string of the molecule is COc1ccc(-c2c(C)c3ccc(Nc4cc(C)cc(C)c4)cc3oc2=O)cc1. The molecule has 29 heavy (non-hydrogen) atoms. The summed E-state index contributed by atoms with van der Waals surface area (Å²) in [4.78, 5) is 12.7. The molecule has 0 amide bonds. The molecule has 0 radical (unpaired) electrons. The Morgan fingerprint density at radius 1 is 0.828 bits per heavy atom. The molecule has 0 unspecified atom stereocenters. The fourth-order valence-corrected chi connectivity index (χ4v) is 3.74. The lowest BCUT2D eigenvalue weighted by Crippen LogP contribution is -2.06. The molecule has 0 aliphatic carbocycles. The monoisotopic (exact) mass is 385 g/mol. The van der Waals surface area contributed by atoms with E-state index in [0.29, 0.717) is 11.1 Å². The first-order valence-electron chi connectivity index (χ1n) is 9.52. The highest BCUT2D eigenvalue weighted by Crippen LogP contribution is 2.30.